The predicted molar refractivity (Wildman–Crippen MR) is 40.5 cm³/mol. The van der Waals surface area contributed by atoms with Crippen LogP contribution >= 0.6 is 0 Å². The molecule has 0 rings (SSSR count). The van der Waals surface area contributed by atoms with E-state index < -0.39 is 0 Å². The maximum absolute atomic E-state index is 3.41. The molecular weight excluding hydrogens is 116 g/mol. The highest BCUT2D eigenvalue weighted by molar-refractivity contribution is 6.28. The van der Waals surface area contributed by atoms with E-state index in [4.69, 9.17) is 0 Å². The summed E-state index contributed by atoms with van der Waals surface area (Å²) in [6, 6.07) is 0.703. The molecule has 1 atom stereocenters. The van der Waals surface area contributed by atoms with Gasteiger partial charge < -0.3 is 9.96 Å². The SMILES string of the molecule is CCC(C)N[SiH2]NC. The second-order valence-corrected chi connectivity index (χ2v) is 3.51. The van der Waals surface area contributed by atoms with Crippen LogP contribution in [0.1, 0.15) is 20.3 Å². The van der Waals surface area contributed by atoms with E-state index in [2.05, 4.69) is 23.8 Å². The number of rotatable bonds is 4. The molecule has 0 bridgehead atoms. The van der Waals surface area contributed by atoms with Crippen LogP contribution in [0, 0.1) is 0 Å². The summed E-state index contributed by atoms with van der Waals surface area (Å²) in [7, 11) is 1.86. The summed E-state index contributed by atoms with van der Waals surface area (Å²) in [6.45, 7) is 4.41. The zero-order chi connectivity index (χ0) is 6.41. The predicted octanol–water partition coefficient (Wildman–Crippen LogP) is -0.407. The molecule has 0 aliphatic heterocycles. The lowest BCUT2D eigenvalue weighted by atomic mass is 10.3. The lowest BCUT2D eigenvalue weighted by Gasteiger charge is -2.08. The van der Waals surface area contributed by atoms with E-state index in [0.717, 1.165) is 0 Å². The first-order valence-corrected chi connectivity index (χ1v) is 4.60. The maximum Gasteiger partial charge on any atom is 0.167 e. The lowest BCUT2D eigenvalue weighted by molar-refractivity contribution is 0.651. The molecule has 0 aliphatic carbocycles. The molecule has 0 aromatic heterocycles. The topological polar surface area (TPSA) is 24.1 Å². The average molecular weight is 132 g/mol. The summed E-state index contributed by atoms with van der Waals surface area (Å²) in [5, 5.41) is 0. The Morgan fingerprint density at radius 1 is 1.62 bits per heavy atom. The third-order valence-corrected chi connectivity index (χ3v) is 2.49. The first-order valence-electron chi connectivity index (χ1n) is 3.19. The van der Waals surface area contributed by atoms with Gasteiger partial charge in [0.15, 0.2) is 9.84 Å². The largest absolute Gasteiger partial charge is 0.333 e. The van der Waals surface area contributed by atoms with Gasteiger partial charge in [0.25, 0.3) is 0 Å². The quantitative estimate of drug-likeness (QED) is 0.508. The Morgan fingerprint density at radius 2 is 2.25 bits per heavy atom. The van der Waals surface area contributed by atoms with Crippen LogP contribution in [0.3, 0.4) is 0 Å². The fraction of sp³-hybridized carbons (Fsp3) is 1.00. The van der Waals surface area contributed by atoms with Crippen molar-refractivity contribution in [3.05, 3.63) is 0 Å². The Balaban J connectivity index is 2.86. The molecule has 50 valence electrons. The number of hydrogen-bond donors (Lipinski definition) is 2. The third kappa shape index (κ3) is 4.30. The second kappa shape index (κ2) is 5.28. The molecule has 2 nitrogen and oxygen atoms in total. The van der Waals surface area contributed by atoms with Gasteiger partial charge in [-0.05, 0) is 19.5 Å². The third-order valence-electron chi connectivity index (χ3n) is 1.24. The second-order valence-electron chi connectivity index (χ2n) is 2.04. The van der Waals surface area contributed by atoms with Crippen molar-refractivity contribution in [3.63, 3.8) is 0 Å². The zero-order valence-corrected chi connectivity index (χ0v) is 7.41. The van der Waals surface area contributed by atoms with Crippen LogP contribution in [0.25, 0.3) is 0 Å². The minimum atomic E-state index is -0.137. The van der Waals surface area contributed by atoms with Crippen LogP contribution in [0.2, 0.25) is 0 Å². The highest BCUT2D eigenvalue weighted by Crippen LogP contribution is 1.83. The summed E-state index contributed by atoms with van der Waals surface area (Å²) in [5.41, 5.74) is 0. The smallest absolute Gasteiger partial charge is 0.167 e. The molecule has 2 N–H and O–H groups in total. The standard InChI is InChI=1S/C5H16N2Si/c1-4-5(2)7-8-6-3/h5-7H,4,8H2,1-3H3. The monoisotopic (exact) mass is 132 g/mol. The van der Waals surface area contributed by atoms with Crippen LogP contribution < -0.4 is 9.96 Å². The van der Waals surface area contributed by atoms with E-state index in [1.54, 1.807) is 0 Å². The fourth-order valence-corrected chi connectivity index (χ4v) is 1.26. The van der Waals surface area contributed by atoms with E-state index >= 15 is 0 Å². The summed E-state index contributed by atoms with van der Waals surface area (Å²) < 4.78 is 0. The van der Waals surface area contributed by atoms with Gasteiger partial charge >= 0.3 is 0 Å². The first-order chi connectivity index (χ1) is 3.81. The van der Waals surface area contributed by atoms with Gasteiger partial charge in [0, 0.05) is 0 Å². The van der Waals surface area contributed by atoms with Crippen LogP contribution in [0.5, 0.6) is 0 Å². The van der Waals surface area contributed by atoms with Gasteiger partial charge in [-0.2, -0.15) is 0 Å². The van der Waals surface area contributed by atoms with Crippen molar-refractivity contribution in [2.45, 2.75) is 26.3 Å². The van der Waals surface area contributed by atoms with E-state index in [1.807, 2.05) is 7.05 Å². The van der Waals surface area contributed by atoms with E-state index in [1.165, 1.54) is 6.42 Å². The van der Waals surface area contributed by atoms with Crippen molar-refractivity contribution in [1.82, 2.24) is 9.96 Å². The van der Waals surface area contributed by atoms with Gasteiger partial charge in [-0.3, -0.25) is 0 Å². The molecule has 0 amide bonds. The van der Waals surface area contributed by atoms with Gasteiger partial charge in [-0.1, -0.05) is 13.8 Å². The number of hydrogen-bond acceptors (Lipinski definition) is 2. The highest BCUT2D eigenvalue weighted by Gasteiger charge is 1.92. The fourth-order valence-electron chi connectivity index (χ4n) is 0.421. The Morgan fingerprint density at radius 3 is 2.62 bits per heavy atom. The van der Waals surface area contributed by atoms with Crippen LogP contribution in [-0.4, -0.2) is 22.9 Å². The van der Waals surface area contributed by atoms with Crippen molar-refractivity contribution in [3.8, 4) is 0 Å². The highest BCUT2D eigenvalue weighted by atomic mass is 28.2. The minimum absolute atomic E-state index is 0.137. The molecule has 0 spiro atoms. The van der Waals surface area contributed by atoms with Gasteiger partial charge in [-0.15, -0.1) is 0 Å². The molecule has 0 aliphatic rings. The van der Waals surface area contributed by atoms with Crippen molar-refractivity contribution >= 4 is 9.84 Å². The van der Waals surface area contributed by atoms with E-state index in [-0.39, 0.29) is 9.84 Å². The van der Waals surface area contributed by atoms with Crippen molar-refractivity contribution in [2.75, 3.05) is 7.05 Å². The zero-order valence-electron chi connectivity index (χ0n) is 5.99. The molecule has 0 saturated heterocycles. The summed E-state index contributed by atoms with van der Waals surface area (Å²) in [5.74, 6) is 0. The lowest BCUT2D eigenvalue weighted by Crippen LogP contribution is -2.36. The molecule has 0 aromatic carbocycles. The van der Waals surface area contributed by atoms with Crippen LogP contribution in [-0.2, 0) is 0 Å². The molecule has 0 radical (unpaired) electrons. The van der Waals surface area contributed by atoms with Crippen molar-refractivity contribution in [1.29, 1.82) is 0 Å². The van der Waals surface area contributed by atoms with Gasteiger partial charge in [0.2, 0.25) is 0 Å². The van der Waals surface area contributed by atoms with E-state index in [9.17, 15) is 0 Å². The summed E-state index contributed by atoms with van der Waals surface area (Å²) >= 11 is 0. The molecule has 0 aromatic rings. The Labute approximate surface area is 54.0 Å². The Bertz CT molecular complexity index is 49.7. The number of nitrogens with one attached hydrogen (secondary N) is 2. The van der Waals surface area contributed by atoms with Gasteiger partial charge in [-0.25, -0.2) is 0 Å². The summed E-state index contributed by atoms with van der Waals surface area (Å²) in [4.78, 5) is 6.57. The summed E-state index contributed by atoms with van der Waals surface area (Å²) in [6.07, 6.45) is 1.23. The minimum Gasteiger partial charge on any atom is -0.333 e. The molecule has 1 unspecified atom stereocenters. The average Bonchev–Trinajstić information content (AvgIpc) is 1.83. The molecular formula is C5H16N2Si. The Kier molecular flexibility index (Phi) is 5.37. The molecule has 0 heterocycles. The molecule has 8 heavy (non-hydrogen) atoms. The van der Waals surface area contributed by atoms with Crippen LogP contribution in [0.15, 0.2) is 0 Å². The molecule has 3 heteroatoms. The maximum atomic E-state index is 3.41. The van der Waals surface area contributed by atoms with Gasteiger partial charge in [0.1, 0.15) is 0 Å². The van der Waals surface area contributed by atoms with Gasteiger partial charge in [0.05, 0.1) is 0 Å². The van der Waals surface area contributed by atoms with E-state index in [0.29, 0.717) is 6.04 Å². The van der Waals surface area contributed by atoms with Crippen molar-refractivity contribution in [2.24, 2.45) is 0 Å². The Hall–Kier alpha value is 0.137. The molecule has 0 fully saturated rings. The van der Waals surface area contributed by atoms with Crippen molar-refractivity contribution < 1.29 is 0 Å². The first kappa shape index (κ1) is 8.14. The molecule has 0 saturated carbocycles. The van der Waals surface area contributed by atoms with Crippen LogP contribution in [0.4, 0.5) is 0 Å². The normalized spacial score (nSPS) is 15.4.